The smallest absolute Gasteiger partial charge is 0.266 e. The minimum Gasteiger partial charge on any atom is -0.490 e. The second-order valence-corrected chi connectivity index (χ2v) is 8.56. The SMILES string of the molecule is CCOc1cc(/C=C(\C#N)C(=O)Nc2cc(Cl)ccc2Cl)ccc1OCc1ccc(Br)cc1. The lowest BCUT2D eigenvalue weighted by Gasteiger charge is -2.13. The number of benzene rings is 3. The van der Waals surface area contributed by atoms with Crippen LogP contribution in [-0.2, 0) is 11.4 Å². The van der Waals surface area contributed by atoms with Crippen LogP contribution >= 0.6 is 39.1 Å². The molecule has 0 saturated heterocycles. The molecule has 0 bridgehead atoms. The number of anilines is 1. The van der Waals surface area contributed by atoms with Crippen molar-refractivity contribution in [1.29, 1.82) is 5.26 Å². The molecule has 3 aromatic carbocycles. The Morgan fingerprint density at radius 2 is 1.82 bits per heavy atom. The Morgan fingerprint density at radius 3 is 2.52 bits per heavy atom. The van der Waals surface area contributed by atoms with E-state index in [0.717, 1.165) is 10.0 Å². The summed E-state index contributed by atoms with van der Waals surface area (Å²) < 4.78 is 12.6. The van der Waals surface area contributed by atoms with Crippen molar-refractivity contribution >= 4 is 56.8 Å². The normalized spacial score (nSPS) is 10.9. The molecule has 33 heavy (non-hydrogen) atoms. The van der Waals surface area contributed by atoms with Crippen LogP contribution in [0.25, 0.3) is 6.08 Å². The van der Waals surface area contributed by atoms with Gasteiger partial charge in [-0.1, -0.05) is 57.3 Å². The van der Waals surface area contributed by atoms with Crippen LogP contribution in [0.2, 0.25) is 10.0 Å². The minimum atomic E-state index is -0.602. The first kappa shape index (κ1) is 24.7. The van der Waals surface area contributed by atoms with Crippen molar-refractivity contribution in [3.63, 3.8) is 0 Å². The van der Waals surface area contributed by atoms with Crippen molar-refractivity contribution in [2.45, 2.75) is 13.5 Å². The molecule has 0 aromatic heterocycles. The third-order valence-electron chi connectivity index (χ3n) is 4.43. The van der Waals surface area contributed by atoms with E-state index < -0.39 is 5.91 Å². The van der Waals surface area contributed by atoms with Crippen molar-refractivity contribution in [2.24, 2.45) is 0 Å². The van der Waals surface area contributed by atoms with Crippen LogP contribution in [0.4, 0.5) is 5.69 Å². The van der Waals surface area contributed by atoms with E-state index >= 15 is 0 Å². The number of ether oxygens (including phenoxy) is 2. The molecule has 0 aliphatic heterocycles. The number of nitrogens with zero attached hydrogens (tertiary/aromatic N) is 1. The third-order valence-corrected chi connectivity index (χ3v) is 5.52. The summed E-state index contributed by atoms with van der Waals surface area (Å²) in [6.45, 7) is 2.67. The van der Waals surface area contributed by atoms with Crippen molar-refractivity contribution < 1.29 is 14.3 Å². The summed E-state index contributed by atoms with van der Waals surface area (Å²) >= 11 is 15.5. The summed E-state index contributed by atoms with van der Waals surface area (Å²) in [4.78, 5) is 12.6. The second-order valence-electron chi connectivity index (χ2n) is 6.80. The number of amides is 1. The largest absolute Gasteiger partial charge is 0.490 e. The molecule has 0 unspecified atom stereocenters. The Labute approximate surface area is 210 Å². The van der Waals surface area contributed by atoms with E-state index in [1.807, 2.05) is 37.3 Å². The van der Waals surface area contributed by atoms with Crippen molar-refractivity contribution in [1.82, 2.24) is 0 Å². The Balaban J connectivity index is 1.79. The summed E-state index contributed by atoms with van der Waals surface area (Å²) in [5.41, 5.74) is 1.84. The molecule has 8 heteroatoms. The molecule has 5 nitrogen and oxygen atoms in total. The van der Waals surface area contributed by atoms with Gasteiger partial charge in [-0.3, -0.25) is 4.79 Å². The standard InChI is InChI=1S/C25H19BrCl2N2O3/c1-2-32-24-12-17(5-10-23(24)33-15-16-3-6-19(26)7-4-16)11-18(14-29)25(31)30-22-13-20(27)8-9-21(22)28/h3-13H,2,15H2,1H3,(H,30,31)/b18-11+. The number of hydrogen-bond donors (Lipinski definition) is 1. The zero-order valence-corrected chi connectivity index (χ0v) is 20.7. The van der Waals surface area contributed by atoms with E-state index in [2.05, 4.69) is 21.2 Å². The van der Waals surface area contributed by atoms with E-state index in [1.54, 1.807) is 30.3 Å². The van der Waals surface area contributed by atoms with Crippen LogP contribution in [0.15, 0.2) is 70.7 Å². The maximum Gasteiger partial charge on any atom is 0.266 e. The highest BCUT2D eigenvalue weighted by Gasteiger charge is 2.13. The molecule has 0 spiro atoms. The second kappa shape index (κ2) is 11.8. The number of hydrogen-bond acceptors (Lipinski definition) is 4. The molecular formula is C25H19BrCl2N2O3. The fourth-order valence-corrected chi connectivity index (χ4v) is 3.44. The lowest BCUT2D eigenvalue weighted by molar-refractivity contribution is -0.112. The van der Waals surface area contributed by atoms with Crippen molar-refractivity contribution in [3.8, 4) is 17.6 Å². The maximum atomic E-state index is 12.6. The predicted octanol–water partition coefficient (Wildman–Crippen LogP) is 7.28. The zero-order chi connectivity index (χ0) is 23.8. The van der Waals surface area contributed by atoms with Crippen LogP contribution in [0.1, 0.15) is 18.1 Å². The number of nitrogens with one attached hydrogen (secondary N) is 1. The van der Waals surface area contributed by atoms with Crippen LogP contribution in [0.5, 0.6) is 11.5 Å². The van der Waals surface area contributed by atoms with Gasteiger partial charge < -0.3 is 14.8 Å². The average Bonchev–Trinajstić information content (AvgIpc) is 2.80. The lowest BCUT2D eigenvalue weighted by Crippen LogP contribution is -2.13. The molecule has 0 fully saturated rings. The minimum absolute atomic E-state index is 0.1000. The molecule has 1 N–H and O–H groups in total. The van der Waals surface area contributed by atoms with Gasteiger partial charge in [-0.15, -0.1) is 0 Å². The number of halogens is 3. The maximum absolute atomic E-state index is 12.6. The quantitative estimate of drug-likeness (QED) is 0.238. The Bertz CT molecular complexity index is 1220. The van der Waals surface area contributed by atoms with Gasteiger partial charge in [-0.25, -0.2) is 0 Å². The van der Waals surface area contributed by atoms with Crippen LogP contribution in [-0.4, -0.2) is 12.5 Å². The van der Waals surface area contributed by atoms with Gasteiger partial charge >= 0.3 is 0 Å². The predicted molar refractivity (Wildman–Crippen MR) is 135 cm³/mol. The molecule has 0 radical (unpaired) electrons. The summed E-state index contributed by atoms with van der Waals surface area (Å²) in [7, 11) is 0. The molecule has 0 aliphatic rings. The molecule has 0 saturated carbocycles. The molecule has 0 heterocycles. The molecule has 1 amide bonds. The Morgan fingerprint density at radius 1 is 1.06 bits per heavy atom. The van der Waals surface area contributed by atoms with E-state index in [1.165, 1.54) is 12.1 Å². The monoisotopic (exact) mass is 544 g/mol. The highest BCUT2D eigenvalue weighted by atomic mass is 79.9. The van der Waals surface area contributed by atoms with Crippen molar-refractivity contribution in [2.75, 3.05) is 11.9 Å². The zero-order valence-electron chi connectivity index (χ0n) is 17.6. The van der Waals surface area contributed by atoms with Crippen LogP contribution in [0, 0.1) is 11.3 Å². The Kier molecular flexibility index (Phi) is 8.79. The van der Waals surface area contributed by atoms with E-state index in [9.17, 15) is 10.1 Å². The molecule has 3 aromatic rings. The number of rotatable bonds is 8. The fourth-order valence-electron chi connectivity index (χ4n) is 2.84. The van der Waals surface area contributed by atoms with E-state index in [4.69, 9.17) is 32.7 Å². The summed E-state index contributed by atoms with van der Waals surface area (Å²) in [6.07, 6.45) is 1.47. The van der Waals surface area contributed by atoms with Gasteiger partial charge in [0.25, 0.3) is 5.91 Å². The van der Waals surface area contributed by atoms with Gasteiger partial charge in [0, 0.05) is 9.50 Å². The van der Waals surface area contributed by atoms with Crippen LogP contribution in [0.3, 0.4) is 0 Å². The summed E-state index contributed by atoms with van der Waals surface area (Å²) in [6, 6.07) is 19.6. The third kappa shape index (κ3) is 7.00. The topological polar surface area (TPSA) is 71.3 Å². The molecule has 3 rings (SSSR count). The van der Waals surface area contributed by atoms with Gasteiger partial charge in [-0.05, 0) is 66.6 Å². The van der Waals surface area contributed by atoms with Gasteiger partial charge in [-0.2, -0.15) is 5.26 Å². The molecule has 0 aliphatic carbocycles. The summed E-state index contributed by atoms with van der Waals surface area (Å²) in [5, 5.41) is 12.9. The first-order valence-corrected chi connectivity index (χ1v) is 11.5. The highest BCUT2D eigenvalue weighted by molar-refractivity contribution is 9.10. The van der Waals surface area contributed by atoms with Gasteiger partial charge in [0.2, 0.25) is 0 Å². The molecular weight excluding hydrogens is 527 g/mol. The first-order valence-electron chi connectivity index (χ1n) is 9.92. The van der Waals surface area contributed by atoms with E-state index in [-0.39, 0.29) is 5.57 Å². The highest BCUT2D eigenvalue weighted by Crippen LogP contribution is 2.31. The van der Waals surface area contributed by atoms with Gasteiger partial charge in [0.1, 0.15) is 18.2 Å². The van der Waals surface area contributed by atoms with Gasteiger partial charge in [0.05, 0.1) is 17.3 Å². The average molecular weight is 546 g/mol. The fraction of sp³-hybridized carbons (Fsp3) is 0.120. The Hall–Kier alpha value is -2.98. The molecule has 0 atom stereocenters. The number of carbonyl (C=O) groups is 1. The van der Waals surface area contributed by atoms with E-state index in [0.29, 0.717) is 46.0 Å². The lowest BCUT2D eigenvalue weighted by atomic mass is 10.1. The summed E-state index contributed by atoms with van der Waals surface area (Å²) in [5.74, 6) is 0.472. The molecule has 168 valence electrons. The first-order chi connectivity index (χ1) is 15.9. The van der Waals surface area contributed by atoms with Crippen molar-refractivity contribution in [3.05, 3.63) is 91.9 Å². The van der Waals surface area contributed by atoms with Gasteiger partial charge in [0.15, 0.2) is 11.5 Å². The number of nitriles is 1. The number of carbonyl (C=O) groups excluding carboxylic acids is 1. The van der Waals surface area contributed by atoms with Crippen LogP contribution < -0.4 is 14.8 Å².